The SMILES string of the molecule is CC(=C1C=CC(=[O+]C(=O)CCC(=O)OCC2CCC(C)(C)O2)C=C1)c1ccc(OC(=O)CCC(=O)OCC2COC(C)(C)O2)cc1. The molecule has 0 spiro atoms. The maximum absolute atomic E-state index is 12.3. The van der Waals surface area contributed by atoms with Crippen molar-refractivity contribution in [2.24, 2.45) is 0 Å². The molecule has 2 heterocycles. The van der Waals surface area contributed by atoms with E-state index in [0.717, 1.165) is 29.6 Å². The number of allylic oxidation sites excluding steroid dienone is 6. The van der Waals surface area contributed by atoms with Gasteiger partial charge in [0.1, 0.15) is 31.5 Å². The summed E-state index contributed by atoms with van der Waals surface area (Å²) in [6, 6.07) is 7.00. The molecule has 3 aliphatic rings. The Kier molecular flexibility index (Phi) is 11.8. The predicted molar refractivity (Wildman–Crippen MR) is 166 cm³/mol. The van der Waals surface area contributed by atoms with E-state index in [2.05, 4.69) is 0 Å². The molecule has 0 aromatic heterocycles. The summed E-state index contributed by atoms with van der Waals surface area (Å²) < 4.78 is 38.0. The largest absolute Gasteiger partial charge is 0.581 e. The monoisotopic (exact) mass is 639 g/mol. The number of carbonyl (C=O) groups is 4. The van der Waals surface area contributed by atoms with Crippen molar-refractivity contribution < 1.29 is 52.0 Å². The van der Waals surface area contributed by atoms with Gasteiger partial charge in [0.15, 0.2) is 5.79 Å². The molecule has 11 heteroatoms. The number of ether oxygens (including phenoxy) is 6. The van der Waals surface area contributed by atoms with Crippen LogP contribution in [-0.4, -0.2) is 73.1 Å². The summed E-state index contributed by atoms with van der Waals surface area (Å²) in [6.07, 6.45) is 7.96. The second-order valence-electron chi connectivity index (χ2n) is 12.5. The first-order valence-corrected chi connectivity index (χ1v) is 15.5. The van der Waals surface area contributed by atoms with Crippen molar-refractivity contribution in [2.75, 3.05) is 19.8 Å². The van der Waals surface area contributed by atoms with Crippen LogP contribution in [0.4, 0.5) is 0 Å². The molecule has 1 aliphatic carbocycles. The zero-order valence-corrected chi connectivity index (χ0v) is 27.1. The molecule has 0 bridgehead atoms. The van der Waals surface area contributed by atoms with Crippen molar-refractivity contribution in [1.29, 1.82) is 0 Å². The minimum absolute atomic E-state index is 0.0660. The van der Waals surface area contributed by atoms with E-state index in [4.69, 9.17) is 32.8 Å². The van der Waals surface area contributed by atoms with E-state index in [1.807, 2.05) is 45.1 Å². The first-order valence-electron chi connectivity index (χ1n) is 15.5. The predicted octanol–water partition coefficient (Wildman–Crippen LogP) is 4.88. The maximum Gasteiger partial charge on any atom is 0.581 e. The van der Waals surface area contributed by atoms with Crippen LogP contribution >= 0.6 is 0 Å². The quantitative estimate of drug-likeness (QED) is 0.177. The van der Waals surface area contributed by atoms with Crippen LogP contribution in [0.3, 0.4) is 0 Å². The van der Waals surface area contributed by atoms with Crippen molar-refractivity contribution in [2.45, 2.75) is 96.7 Å². The van der Waals surface area contributed by atoms with E-state index in [1.165, 1.54) is 0 Å². The summed E-state index contributed by atoms with van der Waals surface area (Å²) in [5.41, 5.74) is 2.56. The lowest BCUT2D eigenvalue weighted by molar-refractivity contribution is -0.376. The minimum atomic E-state index is -0.697. The standard InChI is InChI=1S/C35H43O11/c1-23(24-6-10-26(11-7-24)43-32(38)16-14-30(36)40-20-28-18-19-34(2,3)45-28)25-8-12-27(13-9-25)44-33(39)17-15-31(37)41-21-29-22-42-35(4,5)46-29/h6-13,28-29H,14-22H2,1-5H3/q+1. The molecule has 46 heavy (non-hydrogen) atoms. The first kappa shape index (κ1) is 34.9. The fraction of sp³-hybridized carbons (Fsp3) is 0.514. The Balaban J connectivity index is 1.16. The average molecular weight is 640 g/mol. The number of hydrogen-bond acceptors (Lipinski definition) is 10. The van der Waals surface area contributed by atoms with Gasteiger partial charge in [0.2, 0.25) is 5.78 Å². The Morgan fingerprint density at radius 2 is 1.41 bits per heavy atom. The number of ketones is 1. The molecule has 4 rings (SSSR count). The molecule has 0 N–H and O–H groups in total. The van der Waals surface area contributed by atoms with Gasteiger partial charge in [-0.05, 0) is 88.5 Å². The highest BCUT2D eigenvalue weighted by atomic mass is 16.7. The number of benzene rings is 1. The van der Waals surface area contributed by atoms with Crippen LogP contribution < -0.4 is 4.74 Å². The second-order valence-corrected chi connectivity index (χ2v) is 12.5. The fourth-order valence-electron chi connectivity index (χ4n) is 5.04. The number of esters is 3. The Morgan fingerprint density at radius 1 is 0.804 bits per heavy atom. The molecule has 0 amide bonds. The Labute approximate surface area is 269 Å². The lowest BCUT2D eigenvalue weighted by Gasteiger charge is -2.18. The fourth-order valence-corrected chi connectivity index (χ4v) is 5.04. The third-order valence-corrected chi connectivity index (χ3v) is 7.59. The van der Waals surface area contributed by atoms with Gasteiger partial charge in [0, 0.05) is 16.9 Å². The second kappa shape index (κ2) is 15.6. The molecule has 2 atom stereocenters. The molecule has 1 aromatic rings. The summed E-state index contributed by atoms with van der Waals surface area (Å²) >= 11 is 0. The van der Waals surface area contributed by atoms with Gasteiger partial charge >= 0.3 is 23.9 Å². The van der Waals surface area contributed by atoms with Gasteiger partial charge in [-0.2, -0.15) is 0 Å². The summed E-state index contributed by atoms with van der Waals surface area (Å²) in [7, 11) is 0. The smallest absolute Gasteiger partial charge is 0.463 e. The van der Waals surface area contributed by atoms with Crippen molar-refractivity contribution >= 4 is 35.2 Å². The minimum Gasteiger partial charge on any atom is -0.463 e. The maximum atomic E-state index is 12.3. The summed E-state index contributed by atoms with van der Waals surface area (Å²) in [5, 5.41) is 0. The van der Waals surface area contributed by atoms with E-state index in [1.54, 1.807) is 38.1 Å². The van der Waals surface area contributed by atoms with Gasteiger partial charge in [0.25, 0.3) is 0 Å². The highest BCUT2D eigenvalue weighted by Gasteiger charge is 2.34. The van der Waals surface area contributed by atoms with Crippen molar-refractivity contribution in [3.63, 3.8) is 0 Å². The van der Waals surface area contributed by atoms with Gasteiger partial charge in [0.05, 0.1) is 37.6 Å². The van der Waals surface area contributed by atoms with E-state index in [0.29, 0.717) is 18.1 Å². The number of hydrogen-bond donors (Lipinski definition) is 0. The Bertz CT molecular complexity index is 1390. The van der Waals surface area contributed by atoms with Gasteiger partial charge < -0.3 is 28.4 Å². The van der Waals surface area contributed by atoms with Gasteiger partial charge in [-0.15, -0.1) is 0 Å². The highest BCUT2D eigenvalue weighted by molar-refractivity contribution is 6.04. The van der Waals surface area contributed by atoms with Crippen molar-refractivity contribution in [3.8, 4) is 5.75 Å². The van der Waals surface area contributed by atoms with Crippen LogP contribution in [0.2, 0.25) is 0 Å². The third-order valence-electron chi connectivity index (χ3n) is 7.59. The molecule has 11 nitrogen and oxygen atoms in total. The molecule has 0 saturated carbocycles. The van der Waals surface area contributed by atoms with Gasteiger partial charge in [-0.25, -0.2) is 0 Å². The van der Waals surface area contributed by atoms with Crippen LogP contribution in [0.5, 0.6) is 5.75 Å². The Hall–Kier alpha value is -3.93. The van der Waals surface area contributed by atoms with E-state index in [9.17, 15) is 19.2 Å². The number of carbonyl (C=O) groups excluding carboxylic acids is 5. The number of rotatable bonds is 12. The van der Waals surface area contributed by atoms with Crippen molar-refractivity contribution in [1.82, 2.24) is 0 Å². The molecule has 2 aliphatic heterocycles. The van der Waals surface area contributed by atoms with E-state index < -0.39 is 29.7 Å². The summed E-state index contributed by atoms with van der Waals surface area (Å²) in [5.74, 6) is -2.01. The van der Waals surface area contributed by atoms with Crippen LogP contribution in [0.15, 0.2) is 54.1 Å². The Morgan fingerprint density at radius 3 is 2.00 bits per heavy atom. The average Bonchev–Trinajstić information content (AvgIpc) is 3.56. The van der Waals surface area contributed by atoms with Crippen LogP contribution in [0.25, 0.3) is 5.57 Å². The van der Waals surface area contributed by atoms with Gasteiger partial charge in [-0.3, -0.25) is 18.8 Å². The van der Waals surface area contributed by atoms with Crippen LogP contribution in [0, 0.1) is 0 Å². The normalized spacial score (nSPS) is 21.2. The lowest BCUT2D eigenvalue weighted by atomic mass is 9.98. The van der Waals surface area contributed by atoms with Crippen molar-refractivity contribution in [3.05, 3.63) is 59.7 Å². The molecule has 2 saturated heterocycles. The van der Waals surface area contributed by atoms with Gasteiger partial charge in [-0.1, -0.05) is 12.1 Å². The lowest BCUT2D eigenvalue weighted by Crippen LogP contribution is -2.25. The molecular weight excluding hydrogens is 596 g/mol. The van der Waals surface area contributed by atoms with Crippen LogP contribution in [-0.2, 0) is 47.3 Å². The summed E-state index contributed by atoms with van der Waals surface area (Å²) in [6.45, 7) is 10.1. The zero-order chi connectivity index (χ0) is 33.3. The zero-order valence-electron chi connectivity index (χ0n) is 27.1. The first-order chi connectivity index (χ1) is 21.8. The molecule has 0 radical (unpaired) electrons. The highest BCUT2D eigenvalue weighted by Crippen LogP contribution is 2.29. The topological polar surface area (TPSA) is 135 Å². The van der Waals surface area contributed by atoms with E-state index >= 15 is 0 Å². The molecule has 1 aromatic carbocycles. The molecule has 2 unspecified atom stereocenters. The summed E-state index contributed by atoms with van der Waals surface area (Å²) in [4.78, 5) is 48.5. The molecular formula is C35H43O11+. The van der Waals surface area contributed by atoms with E-state index in [-0.39, 0.29) is 56.7 Å². The third kappa shape index (κ3) is 11.1. The molecule has 2 fully saturated rings. The van der Waals surface area contributed by atoms with Crippen LogP contribution in [0.1, 0.15) is 78.7 Å². The molecule has 248 valence electrons.